The Morgan fingerprint density at radius 3 is 3.00 bits per heavy atom. The van der Waals surface area contributed by atoms with Crippen molar-refractivity contribution in [2.75, 3.05) is 12.0 Å². The summed E-state index contributed by atoms with van der Waals surface area (Å²) in [6.45, 7) is 3.37. The molecule has 0 saturated carbocycles. The molecule has 0 fully saturated rings. The lowest BCUT2D eigenvalue weighted by atomic mass is 10.4. The predicted molar refractivity (Wildman–Crippen MR) is 41.3 cm³/mol. The molecule has 9 heavy (non-hydrogen) atoms. The molecule has 0 saturated heterocycles. The molecule has 0 aromatic heterocycles. The van der Waals surface area contributed by atoms with Gasteiger partial charge in [-0.2, -0.15) is 11.8 Å². The summed E-state index contributed by atoms with van der Waals surface area (Å²) in [7, 11) is 0. The average molecular weight is 145 g/mol. The van der Waals surface area contributed by atoms with E-state index in [9.17, 15) is 4.79 Å². The summed E-state index contributed by atoms with van der Waals surface area (Å²) < 4.78 is 0. The van der Waals surface area contributed by atoms with Gasteiger partial charge in [0, 0.05) is 12.2 Å². The Bertz CT molecular complexity index is 103. The van der Waals surface area contributed by atoms with Crippen LogP contribution in [0.3, 0.4) is 0 Å². The lowest BCUT2D eigenvalue weighted by Gasteiger charge is -1.95. The first kappa shape index (κ1) is 8.56. The molecule has 0 aromatic carbocycles. The summed E-state index contributed by atoms with van der Waals surface area (Å²) in [5, 5.41) is 2.49. The topological polar surface area (TPSA) is 29.1 Å². The minimum atomic E-state index is 0.0411. The third kappa shape index (κ3) is 5.43. The molecule has 1 N–H and O–H groups in total. The average Bonchev–Trinajstić information content (AvgIpc) is 1.85. The number of hydrogen-bond acceptors (Lipinski definition) is 2. The maximum atomic E-state index is 10.6. The van der Waals surface area contributed by atoms with Gasteiger partial charge in [-0.3, -0.25) is 4.79 Å². The van der Waals surface area contributed by atoms with E-state index >= 15 is 0 Å². The van der Waals surface area contributed by atoms with Crippen molar-refractivity contribution < 1.29 is 4.79 Å². The number of amides is 1. The molecule has 0 radical (unpaired) electrons. The quantitative estimate of drug-likeness (QED) is 0.639. The van der Waals surface area contributed by atoms with Crippen LogP contribution in [0.4, 0.5) is 0 Å². The van der Waals surface area contributed by atoms with Gasteiger partial charge in [0.05, 0.1) is 0 Å². The van der Waals surface area contributed by atoms with Crippen molar-refractivity contribution in [3.8, 4) is 0 Å². The molecule has 2 nitrogen and oxygen atoms in total. The van der Waals surface area contributed by atoms with Crippen molar-refractivity contribution in [1.82, 2.24) is 5.32 Å². The van der Waals surface area contributed by atoms with Gasteiger partial charge in [-0.05, 0) is 12.5 Å². The normalized spacial score (nSPS) is 8.56. The second kappa shape index (κ2) is 5.69. The Morgan fingerprint density at radius 2 is 2.56 bits per heavy atom. The van der Waals surface area contributed by atoms with Gasteiger partial charge in [0.15, 0.2) is 0 Å². The van der Waals surface area contributed by atoms with Crippen LogP contribution in [0.25, 0.3) is 0 Å². The lowest BCUT2D eigenvalue weighted by Crippen LogP contribution is -2.16. The Balaban J connectivity index is 3.16. The minimum Gasteiger partial charge on any atom is -0.333 e. The highest BCUT2D eigenvalue weighted by atomic mass is 32.2. The SMILES string of the molecule is C=CNC(=O)CCSC. The van der Waals surface area contributed by atoms with Gasteiger partial charge < -0.3 is 5.32 Å². The van der Waals surface area contributed by atoms with Crippen LogP contribution in [0.5, 0.6) is 0 Å². The van der Waals surface area contributed by atoms with Crippen LogP contribution < -0.4 is 5.32 Å². The molecule has 0 aliphatic heterocycles. The number of rotatable bonds is 4. The van der Waals surface area contributed by atoms with Crippen LogP contribution >= 0.6 is 11.8 Å². The fraction of sp³-hybridized carbons (Fsp3) is 0.500. The zero-order valence-corrected chi connectivity index (χ0v) is 6.33. The van der Waals surface area contributed by atoms with E-state index in [0.717, 1.165) is 5.75 Å². The van der Waals surface area contributed by atoms with Gasteiger partial charge in [-0.15, -0.1) is 0 Å². The first-order valence-electron chi connectivity index (χ1n) is 2.70. The van der Waals surface area contributed by atoms with Gasteiger partial charge in [0.25, 0.3) is 0 Å². The van der Waals surface area contributed by atoms with E-state index < -0.39 is 0 Å². The molecule has 3 heteroatoms. The Hall–Kier alpha value is -0.440. The van der Waals surface area contributed by atoms with Crippen molar-refractivity contribution in [3.63, 3.8) is 0 Å². The van der Waals surface area contributed by atoms with Crippen LogP contribution in [0, 0.1) is 0 Å². The summed E-state index contributed by atoms with van der Waals surface area (Å²) in [5.41, 5.74) is 0. The van der Waals surface area contributed by atoms with E-state index in [1.807, 2.05) is 6.26 Å². The minimum absolute atomic E-state index is 0.0411. The molecule has 0 aromatic rings. The maximum Gasteiger partial charge on any atom is 0.224 e. The van der Waals surface area contributed by atoms with Gasteiger partial charge in [0.1, 0.15) is 0 Å². The van der Waals surface area contributed by atoms with Crippen molar-refractivity contribution >= 4 is 17.7 Å². The molecule has 0 atom stereocenters. The number of nitrogens with one attached hydrogen (secondary N) is 1. The first-order chi connectivity index (χ1) is 4.31. The standard InChI is InChI=1S/C6H11NOS/c1-3-7-6(8)4-5-9-2/h3H,1,4-5H2,2H3,(H,7,8). The largest absolute Gasteiger partial charge is 0.333 e. The molecule has 0 bridgehead atoms. The zero-order chi connectivity index (χ0) is 7.11. The molecule has 0 aliphatic carbocycles. The molecular formula is C6H11NOS. The van der Waals surface area contributed by atoms with E-state index in [1.54, 1.807) is 11.8 Å². The summed E-state index contributed by atoms with van der Waals surface area (Å²) in [4.78, 5) is 10.6. The highest BCUT2D eigenvalue weighted by Crippen LogP contribution is 1.93. The smallest absolute Gasteiger partial charge is 0.224 e. The molecule has 0 heterocycles. The predicted octanol–water partition coefficient (Wildman–Crippen LogP) is 0.999. The van der Waals surface area contributed by atoms with Crippen LogP contribution in [0.1, 0.15) is 6.42 Å². The molecule has 0 rings (SSSR count). The van der Waals surface area contributed by atoms with E-state index in [0.29, 0.717) is 6.42 Å². The Morgan fingerprint density at radius 1 is 1.89 bits per heavy atom. The first-order valence-corrected chi connectivity index (χ1v) is 4.10. The molecule has 0 unspecified atom stereocenters. The summed E-state index contributed by atoms with van der Waals surface area (Å²) in [6.07, 6.45) is 3.96. The van der Waals surface area contributed by atoms with Gasteiger partial charge in [-0.1, -0.05) is 6.58 Å². The van der Waals surface area contributed by atoms with E-state index in [-0.39, 0.29) is 5.91 Å². The van der Waals surface area contributed by atoms with Gasteiger partial charge >= 0.3 is 0 Å². The van der Waals surface area contributed by atoms with Crippen molar-refractivity contribution in [1.29, 1.82) is 0 Å². The van der Waals surface area contributed by atoms with Crippen LogP contribution in [0.2, 0.25) is 0 Å². The summed E-state index contributed by atoms with van der Waals surface area (Å²) >= 11 is 1.66. The van der Waals surface area contributed by atoms with Crippen LogP contribution in [0.15, 0.2) is 12.8 Å². The van der Waals surface area contributed by atoms with Gasteiger partial charge in [-0.25, -0.2) is 0 Å². The fourth-order valence-corrected chi connectivity index (χ4v) is 0.770. The third-order valence-electron chi connectivity index (χ3n) is 0.796. The highest BCUT2D eigenvalue weighted by Gasteiger charge is 1.94. The fourth-order valence-electron chi connectivity index (χ4n) is 0.381. The Labute approximate surface area is 59.7 Å². The molecular weight excluding hydrogens is 134 g/mol. The van der Waals surface area contributed by atoms with Gasteiger partial charge in [0.2, 0.25) is 5.91 Å². The third-order valence-corrected chi connectivity index (χ3v) is 1.41. The Kier molecular flexibility index (Phi) is 5.41. The lowest BCUT2D eigenvalue weighted by molar-refractivity contribution is -0.119. The van der Waals surface area contributed by atoms with E-state index in [1.165, 1.54) is 6.20 Å². The van der Waals surface area contributed by atoms with E-state index in [4.69, 9.17) is 0 Å². The van der Waals surface area contributed by atoms with Crippen molar-refractivity contribution in [3.05, 3.63) is 12.8 Å². The monoisotopic (exact) mass is 145 g/mol. The zero-order valence-electron chi connectivity index (χ0n) is 5.52. The molecule has 1 amide bonds. The molecule has 0 spiro atoms. The second-order valence-electron chi connectivity index (χ2n) is 1.51. The van der Waals surface area contributed by atoms with E-state index in [2.05, 4.69) is 11.9 Å². The second-order valence-corrected chi connectivity index (χ2v) is 2.50. The molecule has 52 valence electrons. The summed E-state index contributed by atoms with van der Waals surface area (Å²) in [6, 6.07) is 0. The van der Waals surface area contributed by atoms with Crippen LogP contribution in [-0.4, -0.2) is 17.9 Å². The van der Waals surface area contributed by atoms with Crippen molar-refractivity contribution in [2.24, 2.45) is 0 Å². The maximum absolute atomic E-state index is 10.6. The van der Waals surface area contributed by atoms with Crippen molar-refractivity contribution in [2.45, 2.75) is 6.42 Å². The number of thioether (sulfide) groups is 1. The number of carbonyl (C=O) groups excluding carboxylic acids is 1. The summed E-state index contributed by atoms with van der Waals surface area (Å²) in [5.74, 6) is 0.916. The number of hydrogen-bond donors (Lipinski definition) is 1. The molecule has 0 aliphatic rings. The number of carbonyl (C=O) groups is 1. The van der Waals surface area contributed by atoms with Crippen LogP contribution in [-0.2, 0) is 4.79 Å². The highest BCUT2D eigenvalue weighted by molar-refractivity contribution is 7.98.